The average molecular weight is 359 g/mol. The van der Waals surface area contributed by atoms with Crippen LogP contribution in [0.25, 0.3) is 0 Å². The lowest BCUT2D eigenvalue weighted by molar-refractivity contribution is 0.0383. The molecule has 9 nitrogen and oxygen atoms in total. The molecule has 1 aliphatic rings. The molecule has 0 spiro atoms. The summed E-state index contributed by atoms with van der Waals surface area (Å²) in [7, 11) is 0. The third-order valence-electron chi connectivity index (χ3n) is 4.17. The monoisotopic (exact) mass is 359 g/mol. The van der Waals surface area contributed by atoms with Gasteiger partial charge >= 0.3 is 5.69 Å². The Morgan fingerprint density at radius 1 is 1.27 bits per heavy atom. The molecule has 26 heavy (non-hydrogen) atoms. The molecule has 1 amide bonds. The maximum atomic E-state index is 12.5. The Morgan fingerprint density at radius 3 is 2.81 bits per heavy atom. The number of carbonyl (C=O) groups excluding carboxylic acids is 1. The summed E-state index contributed by atoms with van der Waals surface area (Å²) >= 11 is 0. The maximum Gasteiger partial charge on any atom is 0.328 e. The molecular weight excluding hydrogens is 338 g/mol. The molecule has 9 heteroatoms. The number of ether oxygens (including phenoxy) is 1. The van der Waals surface area contributed by atoms with E-state index >= 15 is 0 Å². The van der Waals surface area contributed by atoms with E-state index < -0.39 is 17.2 Å². The van der Waals surface area contributed by atoms with Gasteiger partial charge < -0.3 is 15.0 Å². The summed E-state index contributed by atoms with van der Waals surface area (Å²) in [6.07, 6.45) is 2.74. The van der Waals surface area contributed by atoms with E-state index in [1.54, 1.807) is 24.4 Å². The Labute approximate surface area is 149 Å². The van der Waals surface area contributed by atoms with Gasteiger partial charge in [-0.05, 0) is 12.1 Å². The van der Waals surface area contributed by atoms with Crippen molar-refractivity contribution in [1.29, 1.82) is 0 Å². The van der Waals surface area contributed by atoms with Crippen LogP contribution in [0.5, 0.6) is 0 Å². The van der Waals surface area contributed by atoms with E-state index in [1.165, 1.54) is 0 Å². The smallest absolute Gasteiger partial charge is 0.328 e. The second-order valence-electron chi connectivity index (χ2n) is 5.93. The van der Waals surface area contributed by atoms with Crippen LogP contribution in [0.1, 0.15) is 16.1 Å². The van der Waals surface area contributed by atoms with Gasteiger partial charge in [0.2, 0.25) is 0 Å². The van der Waals surface area contributed by atoms with Crippen molar-refractivity contribution in [3.05, 3.63) is 62.7 Å². The normalized spacial score (nSPS) is 14.9. The van der Waals surface area contributed by atoms with Crippen LogP contribution in [0.4, 0.5) is 0 Å². The Kier molecular flexibility index (Phi) is 5.92. The average Bonchev–Trinajstić information content (AvgIpc) is 2.67. The molecule has 138 valence electrons. The zero-order valence-electron chi connectivity index (χ0n) is 14.3. The molecule has 2 aromatic heterocycles. The van der Waals surface area contributed by atoms with Gasteiger partial charge in [-0.1, -0.05) is 6.07 Å². The highest BCUT2D eigenvalue weighted by Gasteiger charge is 2.16. The minimum atomic E-state index is -0.636. The summed E-state index contributed by atoms with van der Waals surface area (Å²) in [4.78, 5) is 45.5. The number of H-pyrrole nitrogens is 1. The van der Waals surface area contributed by atoms with Gasteiger partial charge in [0.25, 0.3) is 11.5 Å². The van der Waals surface area contributed by atoms with Crippen molar-refractivity contribution in [2.24, 2.45) is 0 Å². The maximum absolute atomic E-state index is 12.5. The molecule has 0 radical (unpaired) electrons. The Morgan fingerprint density at radius 2 is 2.08 bits per heavy atom. The van der Waals surface area contributed by atoms with E-state index in [4.69, 9.17) is 4.74 Å². The number of carbonyl (C=O) groups is 1. The Balaban J connectivity index is 1.67. The zero-order chi connectivity index (χ0) is 18.4. The van der Waals surface area contributed by atoms with Crippen LogP contribution in [0, 0.1) is 0 Å². The van der Waals surface area contributed by atoms with Gasteiger partial charge in [-0.3, -0.25) is 24.0 Å². The summed E-state index contributed by atoms with van der Waals surface area (Å²) in [6.45, 7) is 4.12. The molecule has 0 saturated carbocycles. The minimum absolute atomic E-state index is 0.00387. The van der Waals surface area contributed by atoms with Crippen molar-refractivity contribution in [2.45, 2.75) is 6.54 Å². The Hall–Kier alpha value is -2.78. The fourth-order valence-electron chi connectivity index (χ4n) is 2.72. The number of nitrogens with zero attached hydrogens (tertiary/aromatic N) is 3. The van der Waals surface area contributed by atoms with Crippen LogP contribution < -0.4 is 16.6 Å². The van der Waals surface area contributed by atoms with Crippen LogP contribution in [-0.2, 0) is 11.3 Å². The van der Waals surface area contributed by atoms with Crippen LogP contribution in [0.3, 0.4) is 0 Å². The number of amides is 1. The SMILES string of the molecule is O=C(NCCN1CCOCC1)c1c[nH]c(=O)n(Cc2ccccn2)c1=O. The van der Waals surface area contributed by atoms with Gasteiger partial charge in [-0.25, -0.2) is 4.79 Å². The molecule has 0 atom stereocenters. The standard InChI is InChI=1S/C17H21N5O4/c23-15(19-5-6-21-7-9-26-10-8-21)14-11-20-17(25)22(16(14)24)12-13-3-1-2-4-18-13/h1-4,11H,5-10,12H2,(H,19,23)(H,20,25). The van der Waals surface area contributed by atoms with E-state index in [0.29, 0.717) is 32.0 Å². The first-order valence-corrected chi connectivity index (χ1v) is 8.46. The fraction of sp³-hybridized carbons (Fsp3) is 0.412. The molecule has 1 aliphatic heterocycles. The van der Waals surface area contributed by atoms with Crippen molar-refractivity contribution in [3.8, 4) is 0 Å². The molecule has 3 rings (SSSR count). The summed E-state index contributed by atoms with van der Waals surface area (Å²) in [5.74, 6) is -0.505. The van der Waals surface area contributed by atoms with Crippen LogP contribution in [0.15, 0.2) is 40.2 Å². The molecule has 0 bridgehead atoms. The lowest BCUT2D eigenvalue weighted by Crippen LogP contribution is -2.44. The highest BCUT2D eigenvalue weighted by Crippen LogP contribution is 1.96. The van der Waals surface area contributed by atoms with Crippen LogP contribution >= 0.6 is 0 Å². The summed E-state index contributed by atoms with van der Waals surface area (Å²) < 4.78 is 6.24. The lowest BCUT2D eigenvalue weighted by atomic mass is 10.3. The number of aromatic amines is 1. The second kappa shape index (κ2) is 8.54. The quantitative estimate of drug-likeness (QED) is 0.688. The molecule has 1 fully saturated rings. The largest absolute Gasteiger partial charge is 0.379 e. The molecule has 1 saturated heterocycles. The van der Waals surface area contributed by atoms with Crippen LogP contribution in [-0.4, -0.2) is 64.7 Å². The number of aromatic nitrogens is 3. The van der Waals surface area contributed by atoms with Crippen molar-refractivity contribution in [2.75, 3.05) is 39.4 Å². The number of morpholine rings is 1. The first kappa shape index (κ1) is 18.0. The number of rotatable bonds is 6. The van der Waals surface area contributed by atoms with Crippen molar-refractivity contribution in [1.82, 2.24) is 24.8 Å². The number of pyridine rings is 1. The minimum Gasteiger partial charge on any atom is -0.379 e. The van der Waals surface area contributed by atoms with Gasteiger partial charge in [0.15, 0.2) is 0 Å². The molecule has 2 N–H and O–H groups in total. The highest BCUT2D eigenvalue weighted by atomic mass is 16.5. The Bertz CT molecular complexity index is 855. The molecule has 3 heterocycles. The molecule has 0 unspecified atom stereocenters. The molecule has 2 aromatic rings. The third kappa shape index (κ3) is 4.44. The molecule has 0 aliphatic carbocycles. The van der Waals surface area contributed by atoms with E-state index in [-0.39, 0.29) is 12.1 Å². The predicted octanol–water partition coefficient (Wildman–Crippen LogP) is -0.958. The van der Waals surface area contributed by atoms with Gasteiger partial charge in [-0.15, -0.1) is 0 Å². The van der Waals surface area contributed by atoms with Gasteiger partial charge in [0, 0.05) is 38.6 Å². The summed E-state index contributed by atoms with van der Waals surface area (Å²) in [5, 5.41) is 2.73. The zero-order valence-corrected chi connectivity index (χ0v) is 14.3. The van der Waals surface area contributed by atoms with Crippen LogP contribution in [0.2, 0.25) is 0 Å². The number of nitrogens with one attached hydrogen (secondary N) is 2. The van der Waals surface area contributed by atoms with Crippen molar-refractivity contribution < 1.29 is 9.53 Å². The number of hydrogen-bond acceptors (Lipinski definition) is 6. The second-order valence-corrected chi connectivity index (χ2v) is 5.93. The lowest BCUT2D eigenvalue weighted by Gasteiger charge is -2.26. The first-order chi connectivity index (χ1) is 12.6. The van der Waals surface area contributed by atoms with Gasteiger partial charge in [0.05, 0.1) is 25.5 Å². The van der Waals surface area contributed by atoms with Crippen molar-refractivity contribution in [3.63, 3.8) is 0 Å². The molecule has 0 aromatic carbocycles. The fourth-order valence-corrected chi connectivity index (χ4v) is 2.72. The number of hydrogen-bond donors (Lipinski definition) is 2. The van der Waals surface area contributed by atoms with Gasteiger partial charge in [-0.2, -0.15) is 0 Å². The third-order valence-corrected chi connectivity index (χ3v) is 4.17. The van der Waals surface area contributed by atoms with E-state index in [2.05, 4.69) is 20.2 Å². The summed E-state index contributed by atoms with van der Waals surface area (Å²) in [5.41, 5.74) is -0.749. The predicted molar refractivity (Wildman–Crippen MR) is 94.3 cm³/mol. The van der Waals surface area contributed by atoms with Crippen molar-refractivity contribution >= 4 is 5.91 Å². The topological polar surface area (TPSA) is 109 Å². The highest BCUT2D eigenvalue weighted by molar-refractivity contribution is 5.93. The first-order valence-electron chi connectivity index (χ1n) is 8.46. The van der Waals surface area contributed by atoms with E-state index in [9.17, 15) is 14.4 Å². The summed E-state index contributed by atoms with van der Waals surface area (Å²) in [6, 6.07) is 5.22. The molecular formula is C17H21N5O4. The van der Waals surface area contributed by atoms with E-state index in [1.807, 2.05) is 0 Å². The van der Waals surface area contributed by atoms with Gasteiger partial charge in [0.1, 0.15) is 5.56 Å². The van der Waals surface area contributed by atoms with E-state index in [0.717, 1.165) is 23.9 Å².